The number of hydrogen-bond acceptors (Lipinski definition) is 10. The topological polar surface area (TPSA) is 121 Å². The molecule has 0 N–H and O–H groups in total. The monoisotopic (exact) mass is 568 g/mol. The Balaban J connectivity index is 2.59. The quantitative estimate of drug-likeness (QED) is 0.171. The lowest BCUT2D eigenvalue weighted by atomic mass is 9.98. The lowest BCUT2D eigenvalue weighted by molar-refractivity contribution is -0.0480. The first-order chi connectivity index (χ1) is 19.0. The maximum atomic E-state index is 12.6. The molecule has 0 aromatic heterocycles. The number of ether oxygens (including phenoxy) is 4. The lowest BCUT2D eigenvalue weighted by Crippen LogP contribution is -2.31. The molecule has 0 aromatic rings. The molecule has 10 nitrogen and oxygen atoms in total. The minimum atomic E-state index is -1.02. The third-order valence-corrected chi connectivity index (χ3v) is 7.66. The Labute approximate surface area is 242 Å². The van der Waals surface area contributed by atoms with Gasteiger partial charge in [0, 0.05) is 12.8 Å². The molecule has 232 valence electrons. The molecule has 0 saturated heterocycles. The second-order valence-corrected chi connectivity index (χ2v) is 11.5. The van der Waals surface area contributed by atoms with Gasteiger partial charge in [-0.05, 0) is 91.9 Å². The highest BCUT2D eigenvalue weighted by molar-refractivity contribution is 5.61. The zero-order chi connectivity index (χ0) is 30.0. The standard InChI is InChI=1S/C30H56N4O6/c1-9-23(5)31-33-29(7,11-3)39-27(35)37-25-19-15-13-17-21-26(22-18-14-16-20-25)38-28(36)40-30(8,12-4)34-32-24(6)10-2/h23-26H,9-22H2,1-8H3. The van der Waals surface area contributed by atoms with Crippen molar-refractivity contribution in [2.24, 2.45) is 20.5 Å². The summed E-state index contributed by atoms with van der Waals surface area (Å²) in [5, 5.41) is 17.1. The van der Waals surface area contributed by atoms with E-state index in [1.54, 1.807) is 13.8 Å². The molecule has 0 spiro atoms. The Kier molecular flexibility index (Phi) is 17.0. The van der Waals surface area contributed by atoms with Gasteiger partial charge in [0.15, 0.2) is 0 Å². The van der Waals surface area contributed by atoms with Crippen molar-refractivity contribution in [2.75, 3.05) is 0 Å². The molecule has 1 rings (SSSR count). The number of azo groups is 2. The first kappa shape index (κ1) is 35.8. The molecule has 0 bridgehead atoms. The second-order valence-electron chi connectivity index (χ2n) is 11.5. The van der Waals surface area contributed by atoms with Crippen molar-refractivity contribution in [3.63, 3.8) is 0 Å². The molecule has 0 radical (unpaired) electrons. The summed E-state index contributed by atoms with van der Waals surface area (Å²) in [5.41, 5.74) is -2.04. The van der Waals surface area contributed by atoms with Crippen LogP contribution in [-0.2, 0) is 18.9 Å². The van der Waals surface area contributed by atoms with Gasteiger partial charge in [-0.15, -0.1) is 10.2 Å². The highest BCUT2D eigenvalue weighted by Gasteiger charge is 2.30. The van der Waals surface area contributed by atoms with E-state index < -0.39 is 23.8 Å². The fourth-order valence-electron chi connectivity index (χ4n) is 3.98. The summed E-state index contributed by atoms with van der Waals surface area (Å²) in [5.74, 6) is 0. The maximum absolute atomic E-state index is 12.6. The molecule has 0 amide bonds. The summed E-state index contributed by atoms with van der Waals surface area (Å²) in [4.78, 5) is 25.2. The second kappa shape index (κ2) is 19.0. The number of nitrogens with zero attached hydrogens (tertiary/aromatic N) is 4. The van der Waals surface area contributed by atoms with Crippen LogP contribution in [0, 0.1) is 0 Å². The van der Waals surface area contributed by atoms with Crippen LogP contribution in [0.5, 0.6) is 0 Å². The highest BCUT2D eigenvalue weighted by atomic mass is 16.7. The van der Waals surface area contributed by atoms with Gasteiger partial charge in [0.05, 0.1) is 12.1 Å². The van der Waals surface area contributed by atoms with Crippen LogP contribution in [0.1, 0.15) is 145 Å². The SMILES string of the molecule is CCC(C)N=NC(C)(CC)OC(=O)OC1CCCCCC(OC(=O)OC(C)(CC)N=NC(C)CC)CCCCC1. The number of carbonyl (C=O) groups is 2. The molecular weight excluding hydrogens is 512 g/mol. The van der Waals surface area contributed by atoms with Gasteiger partial charge in [0.2, 0.25) is 11.4 Å². The van der Waals surface area contributed by atoms with Gasteiger partial charge in [0.25, 0.3) is 0 Å². The largest absolute Gasteiger partial charge is 0.510 e. The Hall–Kier alpha value is -2.26. The van der Waals surface area contributed by atoms with Crippen molar-refractivity contribution >= 4 is 12.3 Å². The number of hydrogen-bond donors (Lipinski definition) is 0. The Morgan fingerprint density at radius 2 is 0.975 bits per heavy atom. The van der Waals surface area contributed by atoms with Crippen LogP contribution in [0.25, 0.3) is 0 Å². The fraction of sp³-hybridized carbons (Fsp3) is 0.933. The highest BCUT2D eigenvalue weighted by Crippen LogP contribution is 2.25. The molecule has 4 atom stereocenters. The Bertz CT molecular complexity index is 718. The number of carbonyl (C=O) groups excluding carboxylic acids is 2. The first-order valence-corrected chi connectivity index (χ1v) is 15.6. The summed E-state index contributed by atoms with van der Waals surface area (Å²) in [6.45, 7) is 15.4. The van der Waals surface area contributed by atoms with Crippen molar-refractivity contribution in [2.45, 2.75) is 181 Å². The molecule has 0 aromatic carbocycles. The van der Waals surface area contributed by atoms with E-state index in [9.17, 15) is 9.59 Å². The van der Waals surface area contributed by atoms with Crippen LogP contribution in [-0.4, -0.2) is 48.1 Å². The third kappa shape index (κ3) is 14.9. The molecule has 1 aliphatic carbocycles. The summed E-state index contributed by atoms with van der Waals surface area (Å²) in [6.07, 6.45) is 9.71. The van der Waals surface area contributed by atoms with Crippen molar-refractivity contribution < 1.29 is 28.5 Å². The zero-order valence-corrected chi connectivity index (χ0v) is 26.4. The average Bonchev–Trinajstić information content (AvgIpc) is 2.92. The van der Waals surface area contributed by atoms with Gasteiger partial charge in [-0.25, -0.2) is 9.59 Å². The lowest BCUT2D eigenvalue weighted by Gasteiger charge is -2.26. The summed E-state index contributed by atoms with van der Waals surface area (Å²) in [6, 6.07) is 0.157. The Morgan fingerprint density at radius 1 is 0.650 bits per heavy atom. The van der Waals surface area contributed by atoms with E-state index in [1.165, 1.54) is 0 Å². The van der Waals surface area contributed by atoms with Gasteiger partial charge in [-0.3, -0.25) is 0 Å². The minimum absolute atomic E-state index is 0.0786. The van der Waals surface area contributed by atoms with Gasteiger partial charge in [-0.2, -0.15) is 10.2 Å². The molecule has 0 heterocycles. The molecule has 1 saturated carbocycles. The van der Waals surface area contributed by atoms with E-state index in [2.05, 4.69) is 20.5 Å². The fourth-order valence-corrected chi connectivity index (χ4v) is 3.98. The van der Waals surface area contributed by atoms with Crippen molar-refractivity contribution in [3.8, 4) is 0 Å². The normalized spacial score (nSPS) is 24.1. The van der Waals surface area contributed by atoms with Crippen LogP contribution in [0.15, 0.2) is 20.5 Å². The maximum Gasteiger partial charge on any atom is 0.510 e. The summed E-state index contributed by atoms with van der Waals surface area (Å²) in [7, 11) is 0. The molecule has 1 fully saturated rings. The molecule has 40 heavy (non-hydrogen) atoms. The van der Waals surface area contributed by atoms with Crippen molar-refractivity contribution in [1.29, 1.82) is 0 Å². The zero-order valence-electron chi connectivity index (χ0n) is 26.4. The third-order valence-electron chi connectivity index (χ3n) is 7.66. The first-order valence-electron chi connectivity index (χ1n) is 15.6. The number of rotatable bonds is 12. The Morgan fingerprint density at radius 3 is 1.25 bits per heavy atom. The van der Waals surface area contributed by atoms with E-state index in [-0.39, 0.29) is 24.3 Å². The molecule has 4 unspecified atom stereocenters. The minimum Gasteiger partial charge on any atom is -0.431 e. The van der Waals surface area contributed by atoms with E-state index in [0.717, 1.165) is 77.0 Å². The van der Waals surface area contributed by atoms with E-state index in [4.69, 9.17) is 18.9 Å². The van der Waals surface area contributed by atoms with Gasteiger partial charge < -0.3 is 18.9 Å². The van der Waals surface area contributed by atoms with Gasteiger partial charge in [-0.1, -0.05) is 40.5 Å². The van der Waals surface area contributed by atoms with Crippen LogP contribution in [0.3, 0.4) is 0 Å². The molecule has 1 aliphatic rings. The van der Waals surface area contributed by atoms with E-state index in [1.807, 2.05) is 41.5 Å². The molecular formula is C30H56N4O6. The van der Waals surface area contributed by atoms with Crippen molar-refractivity contribution in [1.82, 2.24) is 0 Å². The van der Waals surface area contributed by atoms with E-state index >= 15 is 0 Å². The summed E-state index contributed by atoms with van der Waals surface area (Å²) < 4.78 is 22.6. The predicted octanol–water partition coefficient (Wildman–Crippen LogP) is 9.70. The molecule has 10 heteroatoms. The van der Waals surface area contributed by atoms with Crippen LogP contribution >= 0.6 is 0 Å². The van der Waals surface area contributed by atoms with Gasteiger partial charge in [0.1, 0.15) is 12.2 Å². The average molecular weight is 569 g/mol. The van der Waals surface area contributed by atoms with Crippen LogP contribution in [0.4, 0.5) is 9.59 Å². The van der Waals surface area contributed by atoms with Crippen molar-refractivity contribution in [3.05, 3.63) is 0 Å². The predicted molar refractivity (Wildman–Crippen MR) is 155 cm³/mol. The van der Waals surface area contributed by atoms with Crippen LogP contribution in [0.2, 0.25) is 0 Å². The smallest absolute Gasteiger partial charge is 0.431 e. The van der Waals surface area contributed by atoms with Crippen LogP contribution < -0.4 is 0 Å². The van der Waals surface area contributed by atoms with Gasteiger partial charge >= 0.3 is 12.3 Å². The van der Waals surface area contributed by atoms with E-state index in [0.29, 0.717) is 12.8 Å². The molecule has 0 aliphatic heterocycles. The summed E-state index contributed by atoms with van der Waals surface area (Å²) >= 11 is 0.